The van der Waals surface area contributed by atoms with E-state index in [0.29, 0.717) is 11.3 Å². The minimum absolute atomic E-state index is 0.182. The van der Waals surface area contributed by atoms with Crippen molar-refractivity contribution >= 4 is 28.1 Å². The van der Waals surface area contributed by atoms with Crippen molar-refractivity contribution in [3.63, 3.8) is 0 Å². The Labute approximate surface area is 122 Å². The maximum Gasteiger partial charge on any atom is 0.257 e. The standard InChI is InChI=1S/C16H14N4O/c1-17-15-10-19-8-6-12(15)16(21)20-14-4-2-3-11-5-7-18-9-13(11)14/h2-10,17H,1H3,(H,20,21). The molecule has 2 N–H and O–H groups in total. The summed E-state index contributed by atoms with van der Waals surface area (Å²) in [5.41, 5.74) is 1.98. The molecule has 0 saturated heterocycles. The Balaban J connectivity index is 1.97. The molecule has 2 heterocycles. The van der Waals surface area contributed by atoms with E-state index in [1.54, 1.807) is 37.9 Å². The Kier molecular flexibility index (Phi) is 3.47. The number of nitrogens with zero attached hydrogens (tertiary/aromatic N) is 2. The summed E-state index contributed by atoms with van der Waals surface area (Å²) in [6.07, 6.45) is 6.70. The number of carbonyl (C=O) groups is 1. The number of rotatable bonds is 3. The van der Waals surface area contributed by atoms with Gasteiger partial charge in [-0.25, -0.2) is 0 Å². The summed E-state index contributed by atoms with van der Waals surface area (Å²) in [5.74, 6) is -0.182. The fourth-order valence-corrected chi connectivity index (χ4v) is 2.20. The number of carbonyl (C=O) groups excluding carboxylic acids is 1. The van der Waals surface area contributed by atoms with Crippen LogP contribution in [-0.2, 0) is 0 Å². The van der Waals surface area contributed by atoms with E-state index >= 15 is 0 Å². The van der Waals surface area contributed by atoms with E-state index in [1.807, 2.05) is 24.3 Å². The van der Waals surface area contributed by atoms with E-state index < -0.39 is 0 Å². The predicted molar refractivity (Wildman–Crippen MR) is 83.5 cm³/mol. The average Bonchev–Trinajstić information content (AvgIpc) is 2.55. The fourth-order valence-electron chi connectivity index (χ4n) is 2.20. The first kappa shape index (κ1) is 13.1. The molecule has 0 atom stereocenters. The number of amides is 1. The summed E-state index contributed by atoms with van der Waals surface area (Å²) in [6.45, 7) is 0. The molecule has 0 aliphatic carbocycles. The second-order valence-electron chi connectivity index (χ2n) is 4.53. The summed E-state index contributed by atoms with van der Waals surface area (Å²) in [6, 6.07) is 9.35. The van der Waals surface area contributed by atoms with Gasteiger partial charge in [0.25, 0.3) is 5.91 Å². The Morgan fingerprint density at radius 2 is 1.81 bits per heavy atom. The van der Waals surface area contributed by atoms with Gasteiger partial charge in [-0.2, -0.15) is 0 Å². The normalized spacial score (nSPS) is 10.3. The van der Waals surface area contributed by atoms with Crippen LogP contribution in [0.4, 0.5) is 11.4 Å². The zero-order valence-electron chi connectivity index (χ0n) is 11.5. The van der Waals surface area contributed by atoms with E-state index in [1.165, 1.54) is 0 Å². The highest BCUT2D eigenvalue weighted by molar-refractivity contribution is 6.11. The van der Waals surface area contributed by atoms with Gasteiger partial charge in [-0.05, 0) is 23.6 Å². The second-order valence-corrected chi connectivity index (χ2v) is 4.53. The van der Waals surface area contributed by atoms with E-state index in [-0.39, 0.29) is 5.91 Å². The molecule has 1 aromatic carbocycles. The van der Waals surface area contributed by atoms with Crippen molar-refractivity contribution in [3.8, 4) is 0 Å². The lowest BCUT2D eigenvalue weighted by atomic mass is 10.1. The average molecular weight is 278 g/mol. The number of fused-ring (bicyclic) bond motifs is 1. The van der Waals surface area contributed by atoms with Crippen LogP contribution in [0, 0.1) is 0 Å². The van der Waals surface area contributed by atoms with Crippen LogP contribution in [0.25, 0.3) is 10.8 Å². The lowest BCUT2D eigenvalue weighted by Crippen LogP contribution is -2.14. The van der Waals surface area contributed by atoms with Gasteiger partial charge in [-0.1, -0.05) is 12.1 Å². The molecule has 0 aliphatic heterocycles. The van der Waals surface area contributed by atoms with E-state index in [0.717, 1.165) is 16.5 Å². The van der Waals surface area contributed by atoms with E-state index in [4.69, 9.17) is 0 Å². The molecule has 0 radical (unpaired) electrons. The molecule has 5 nitrogen and oxygen atoms in total. The van der Waals surface area contributed by atoms with Gasteiger partial charge in [0.1, 0.15) is 0 Å². The van der Waals surface area contributed by atoms with Crippen molar-refractivity contribution in [3.05, 3.63) is 60.7 Å². The van der Waals surface area contributed by atoms with Gasteiger partial charge in [0, 0.05) is 31.0 Å². The third kappa shape index (κ3) is 2.53. The molecule has 2 aromatic heterocycles. The molecule has 0 aliphatic rings. The molecule has 104 valence electrons. The number of hydrogen-bond donors (Lipinski definition) is 2. The zero-order chi connectivity index (χ0) is 14.7. The van der Waals surface area contributed by atoms with Crippen molar-refractivity contribution in [2.24, 2.45) is 0 Å². The summed E-state index contributed by atoms with van der Waals surface area (Å²) in [5, 5.41) is 7.84. The molecule has 21 heavy (non-hydrogen) atoms. The number of aromatic nitrogens is 2. The molecule has 3 rings (SSSR count). The Hall–Kier alpha value is -2.95. The molecule has 1 amide bonds. The van der Waals surface area contributed by atoms with Crippen molar-refractivity contribution in [1.82, 2.24) is 9.97 Å². The lowest BCUT2D eigenvalue weighted by Gasteiger charge is -2.11. The second kappa shape index (κ2) is 5.58. The Morgan fingerprint density at radius 1 is 1.00 bits per heavy atom. The SMILES string of the molecule is CNc1cnccc1C(=O)Nc1cccc2ccncc12. The first-order valence-corrected chi connectivity index (χ1v) is 6.55. The van der Waals surface area contributed by atoms with Crippen LogP contribution in [0.15, 0.2) is 55.1 Å². The summed E-state index contributed by atoms with van der Waals surface area (Å²) in [4.78, 5) is 20.6. The highest BCUT2D eigenvalue weighted by Gasteiger charge is 2.12. The predicted octanol–water partition coefficient (Wildman–Crippen LogP) is 2.92. The monoisotopic (exact) mass is 278 g/mol. The highest BCUT2D eigenvalue weighted by Crippen LogP contribution is 2.23. The largest absolute Gasteiger partial charge is 0.386 e. The number of nitrogens with one attached hydrogen (secondary N) is 2. The van der Waals surface area contributed by atoms with Crippen LogP contribution in [-0.4, -0.2) is 22.9 Å². The van der Waals surface area contributed by atoms with Gasteiger partial charge in [-0.3, -0.25) is 14.8 Å². The minimum atomic E-state index is -0.182. The Bertz CT molecular complexity index is 796. The molecule has 0 unspecified atom stereocenters. The number of benzene rings is 1. The van der Waals surface area contributed by atoms with Gasteiger partial charge >= 0.3 is 0 Å². The first-order chi connectivity index (χ1) is 10.3. The molecule has 0 spiro atoms. The molecule has 0 saturated carbocycles. The van der Waals surface area contributed by atoms with Gasteiger partial charge in [-0.15, -0.1) is 0 Å². The third-order valence-electron chi connectivity index (χ3n) is 3.27. The van der Waals surface area contributed by atoms with Crippen molar-refractivity contribution < 1.29 is 4.79 Å². The van der Waals surface area contributed by atoms with Gasteiger partial charge in [0.05, 0.1) is 23.1 Å². The van der Waals surface area contributed by atoms with Crippen LogP contribution in [0.5, 0.6) is 0 Å². The molecule has 3 aromatic rings. The van der Waals surface area contributed by atoms with Crippen LogP contribution in [0.2, 0.25) is 0 Å². The third-order valence-corrected chi connectivity index (χ3v) is 3.27. The van der Waals surface area contributed by atoms with Crippen LogP contribution < -0.4 is 10.6 Å². The molecule has 5 heteroatoms. The maximum absolute atomic E-state index is 12.4. The van der Waals surface area contributed by atoms with Gasteiger partial charge < -0.3 is 10.6 Å². The molecule has 0 bridgehead atoms. The minimum Gasteiger partial charge on any atom is -0.386 e. The smallest absolute Gasteiger partial charge is 0.257 e. The van der Waals surface area contributed by atoms with Gasteiger partial charge in [0.2, 0.25) is 0 Å². The van der Waals surface area contributed by atoms with E-state index in [2.05, 4.69) is 20.6 Å². The van der Waals surface area contributed by atoms with Crippen molar-refractivity contribution in [2.75, 3.05) is 17.7 Å². The van der Waals surface area contributed by atoms with Crippen molar-refractivity contribution in [1.29, 1.82) is 0 Å². The molecular formula is C16H14N4O. The highest BCUT2D eigenvalue weighted by atomic mass is 16.1. The van der Waals surface area contributed by atoms with Crippen LogP contribution in [0.3, 0.4) is 0 Å². The summed E-state index contributed by atoms with van der Waals surface area (Å²) in [7, 11) is 1.76. The fraction of sp³-hybridized carbons (Fsp3) is 0.0625. The zero-order valence-corrected chi connectivity index (χ0v) is 11.5. The molecule has 0 fully saturated rings. The van der Waals surface area contributed by atoms with E-state index in [9.17, 15) is 4.79 Å². The lowest BCUT2D eigenvalue weighted by molar-refractivity contribution is 0.102. The summed E-state index contributed by atoms with van der Waals surface area (Å²) < 4.78 is 0. The molecular weight excluding hydrogens is 264 g/mol. The maximum atomic E-state index is 12.4. The van der Waals surface area contributed by atoms with Crippen molar-refractivity contribution in [2.45, 2.75) is 0 Å². The number of hydrogen-bond acceptors (Lipinski definition) is 4. The quantitative estimate of drug-likeness (QED) is 0.773. The summed E-state index contributed by atoms with van der Waals surface area (Å²) >= 11 is 0. The first-order valence-electron chi connectivity index (χ1n) is 6.55. The number of pyridine rings is 2. The van der Waals surface area contributed by atoms with Crippen LogP contribution >= 0.6 is 0 Å². The van der Waals surface area contributed by atoms with Gasteiger partial charge in [0.15, 0.2) is 0 Å². The topological polar surface area (TPSA) is 66.9 Å². The van der Waals surface area contributed by atoms with Crippen LogP contribution in [0.1, 0.15) is 10.4 Å². The Morgan fingerprint density at radius 3 is 2.67 bits per heavy atom. The number of anilines is 2.